The van der Waals surface area contributed by atoms with Gasteiger partial charge in [-0.25, -0.2) is 9.97 Å². The Labute approximate surface area is 153 Å². The zero-order chi connectivity index (χ0) is 18.1. The first-order valence-corrected chi connectivity index (χ1v) is 9.41. The average Bonchev–Trinajstić information content (AvgIpc) is 3.45. The van der Waals surface area contributed by atoms with Gasteiger partial charge in [0.25, 0.3) is 5.56 Å². The van der Waals surface area contributed by atoms with Crippen molar-refractivity contribution in [2.24, 2.45) is 7.05 Å². The van der Waals surface area contributed by atoms with E-state index in [1.807, 2.05) is 13.1 Å². The smallest absolute Gasteiger partial charge is 0.268 e. The van der Waals surface area contributed by atoms with Crippen LogP contribution in [-0.4, -0.2) is 49.6 Å². The summed E-state index contributed by atoms with van der Waals surface area (Å²) in [5, 5.41) is 0. The van der Waals surface area contributed by atoms with Gasteiger partial charge >= 0.3 is 0 Å². The quantitative estimate of drug-likeness (QED) is 0.811. The van der Waals surface area contributed by atoms with E-state index in [0.29, 0.717) is 12.1 Å². The van der Waals surface area contributed by atoms with Crippen LogP contribution < -0.4 is 10.5 Å². The van der Waals surface area contributed by atoms with Crippen molar-refractivity contribution in [2.45, 2.75) is 51.2 Å². The van der Waals surface area contributed by atoms with Crippen LogP contribution in [0.2, 0.25) is 0 Å². The van der Waals surface area contributed by atoms with E-state index in [-0.39, 0.29) is 5.56 Å². The lowest BCUT2D eigenvalue weighted by Crippen LogP contribution is -2.46. The van der Waals surface area contributed by atoms with Gasteiger partial charge in [0.15, 0.2) is 0 Å². The molecule has 0 N–H and O–H groups in total. The Morgan fingerprint density at radius 1 is 1.12 bits per heavy atom. The Bertz CT molecular complexity index is 823. The standard InChI is InChI=1S/C19H26N6O/c1-14-9-18(22-13-21-14)25(16-3-4-16)17-5-7-24(8-6-17)12-15-11-23(2)19(26)10-20-15/h9-11,13,16-17H,3-8,12H2,1-2H3. The zero-order valence-corrected chi connectivity index (χ0v) is 15.5. The van der Waals surface area contributed by atoms with Gasteiger partial charge in [-0.05, 0) is 32.6 Å². The number of rotatable bonds is 5. The third-order valence-electron chi connectivity index (χ3n) is 5.36. The van der Waals surface area contributed by atoms with E-state index in [0.717, 1.165) is 49.7 Å². The first kappa shape index (κ1) is 17.1. The molecule has 3 heterocycles. The second kappa shape index (κ2) is 7.15. The van der Waals surface area contributed by atoms with E-state index >= 15 is 0 Å². The summed E-state index contributed by atoms with van der Waals surface area (Å²) in [7, 11) is 1.77. The van der Waals surface area contributed by atoms with Crippen molar-refractivity contribution < 1.29 is 0 Å². The van der Waals surface area contributed by atoms with Crippen LogP contribution in [0.1, 0.15) is 37.1 Å². The molecule has 7 heteroatoms. The van der Waals surface area contributed by atoms with Crippen molar-refractivity contribution in [2.75, 3.05) is 18.0 Å². The number of likely N-dealkylation sites (tertiary alicyclic amines) is 1. The highest BCUT2D eigenvalue weighted by atomic mass is 16.1. The molecule has 1 saturated carbocycles. The molecule has 2 aromatic heterocycles. The Morgan fingerprint density at radius 2 is 1.85 bits per heavy atom. The van der Waals surface area contributed by atoms with Crippen molar-refractivity contribution in [3.05, 3.63) is 46.5 Å². The predicted octanol–water partition coefficient (Wildman–Crippen LogP) is 1.51. The number of nitrogens with zero attached hydrogens (tertiary/aromatic N) is 6. The fourth-order valence-corrected chi connectivity index (χ4v) is 3.82. The summed E-state index contributed by atoms with van der Waals surface area (Å²) in [6.45, 7) is 4.92. The molecule has 26 heavy (non-hydrogen) atoms. The molecular formula is C19H26N6O. The molecule has 7 nitrogen and oxygen atoms in total. The Hall–Kier alpha value is -2.28. The van der Waals surface area contributed by atoms with Crippen LogP contribution in [0.4, 0.5) is 5.82 Å². The summed E-state index contributed by atoms with van der Waals surface area (Å²) in [6, 6.07) is 3.30. The maximum absolute atomic E-state index is 11.5. The van der Waals surface area contributed by atoms with Gasteiger partial charge in [0.05, 0.1) is 11.9 Å². The number of aromatic nitrogens is 4. The highest BCUT2D eigenvalue weighted by molar-refractivity contribution is 5.43. The Balaban J connectivity index is 1.40. The number of hydrogen-bond donors (Lipinski definition) is 0. The fourth-order valence-electron chi connectivity index (χ4n) is 3.82. The highest BCUT2D eigenvalue weighted by Crippen LogP contribution is 2.35. The monoisotopic (exact) mass is 354 g/mol. The van der Waals surface area contributed by atoms with Crippen LogP contribution in [-0.2, 0) is 13.6 Å². The van der Waals surface area contributed by atoms with Gasteiger partial charge in [-0.2, -0.15) is 0 Å². The summed E-state index contributed by atoms with van der Waals surface area (Å²) in [6.07, 6.45) is 9.73. The molecule has 0 bridgehead atoms. The first-order valence-electron chi connectivity index (χ1n) is 9.41. The van der Waals surface area contributed by atoms with Gasteiger partial charge in [0, 0.05) is 56.7 Å². The summed E-state index contributed by atoms with van der Waals surface area (Å²) < 4.78 is 1.60. The summed E-state index contributed by atoms with van der Waals surface area (Å²) in [5.41, 5.74) is 1.92. The second-order valence-corrected chi connectivity index (χ2v) is 7.49. The fraction of sp³-hybridized carbons (Fsp3) is 0.579. The molecule has 1 saturated heterocycles. The lowest BCUT2D eigenvalue weighted by molar-refractivity contribution is 0.198. The lowest BCUT2D eigenvalue weighted by Gasteiger charge is -2.39. The van der Waals surface area contributed by atoms with Gasteiger partial charge in [0.1, 0.15) is 12.1 Å². The minimum absolute atomic E-state index is 0.0623. The SMILES string of the molecule is Cc1cc(N(C2CC2)C2CCN(Cc3cn(C)c(=O)cn3)CC2)ncn1. The van der Waals surface area contributed by atoms with Crippen molar-refractivity contribution in [1.29, 1.82) is 0 Å². The van der Waals surface area contributed by atoms with Gasteiger partial charge in [-0.3, -0.25) is 14.7 Å². The number of anilines is 1. The van der Waals surface area contributed by atoms with Crippen LogP contribution in [0, 0.1) is 6.92 Å². The van der Waals surface area contributed by atoms with E-state index in [1.165, 1.54) is 19.0 Å². The molecule has 1 aliphatic carbocycles. The maximum Gasteiger partial charge on any atom is 0.268 e. The molecule has 0 amide bonds. The topological polar surface area (TPSA) is 67.2 Å². The Kier molecular flexibility index (Phi) is 4.72. The average molecular weight is 354 g/mol. The van der Waals surface area contributed by atoms with Gasteiger partial charge in [-0.15, -0.1) is 0 Å². The van der Waals surface area contributed by atoms with Gasteiger partial charge in [0.2, 0.25) is 0 Å². The molecule has 4 rings (SSSR count). The van der Waals surface area contributed by atoms with Gasteiger partial charge < -0.3 is 9.47 Å². The van der Waals surface area contributed by atoms with E-state index in [2.05, 4.69) is 30.8 Å². The van der Waals surface area contributed by atoms with Gasteiger partial charge in [-0.1, -0.05) is 0 Å². The molecule has 1 aliphatic heterocycles. The minimum atomic E-state index is -0.0623. The molecule has 138 valence electrons. The van der Waals surface area contributed by atoms with E-state index in [1.54, 1.807) is 17.9 Å². The highest BCUT2D eigenvalue weighted by Gasteiger charge is 2.36. The molecule has 0 radical (unpaired) electrons. The molecule has 2 fully saturated rings. The molecular weight excluding hydrogens is 328 g/mol. The molecule has 0 spiro atoms. The summed E-state index contributed by atoms with van der Waals surface area (Å²) >= 11 is 0. The van der Waals surface area contributed by atoms with Crippen LogP contribution in [0.15, 0.2) is 29.6 Å². The lowest BCUT2D eigenvalue weighted by atomic mass is 10.0. The number of hydrogen-bond acceptors (Lipinski definition) is 6. The van der Waals surface area contributed by atoms with E-state index < -0.39 is 0 Å². The number of piperidine rings is 1. The van der Waals surface area contributed by atoms with Crippen LogP contribution in [0.25, 0.3) is 0 Å². The molecule has 0 unspecified atom stereocenters. The van der Waals surface area contributed by atoms with Crippen molar-refractivity contribution in [1.82, 2.24) is 24.4 Å². The van der Waals surface area contributed by atoms with Crippen LogP contribution in [0.5, 0.6) is 0 Å². The normalized spacial score (nSPS) is 18.8. The Morgan fingerprint density at radius 3 is 2.50 bits per heavy atom. The van der Waals surface area contributed by atoms with Crippen molar-refractivity contribution >= 4 is 5.82 Å². The number of aryl methyl sites for hydroxylation is 2. The largest absolute Gasteiger partial charge is 0.350 e. The minimum Gasteiger partial charge on any atom is -0.350 e. The van der Waals surface area contributed by atoms with Crippen molar-refractivity contribution in [3.63, 3.8) is 0 Å². The third-order valence-corrected chi connectivity index (χ3v) is 5.36. The van der Waals surface area contributed by atoms with Crippen LogP contribution >= 0.6 is 0 Å². The molecule has 2 aromatic rings. The predicted molar refractivity (Wildman–Crippen MR) is 100 cm³/mol. The van der Waals surface area contributed by atoms with Crippen LogP contribution in [0.3, 0.4) is 0 Å². The zero-order valence-electron chi connectivity index (χ0n) is 15.5. The molecule has 0 atom stereocenters. The third kappa shape index (κ3) is 3.77. The second-order valence-electron chi connectivity index (χ2n) is 7.49. The molecule has 0 aromatic carbocycles. The summed E-state index contributed by atoms with van der Waals surface area (Å²) in [4.78, 5) is 29.5. The molecule has 2 aliphatic rings. The summed E-state index contributed by atoms with van der Waals surface area (Å²) in [5.74, 6) is 1.08. The first-order chi connectivity index (χ1) is 12.6. The maximum atomic E-state index is 11.5. The van der Waals surface area contributed by atoms with Crippen molar-refractivity contribution in [3.8, 4) is 0 Å². The van der Waals surface area contributed by atoms with E-state index in [9.17, 15) is 4.79 Å². The van der Waals surface area contributed by atoms with E-state index in [4.69, 9.17) is 0 Å².